The first-order valence-electron chi connectivity index (χ1n) is 6.33. The normalized spacial score (nSPS) is 24.9. The molecular formula is C14H19BrFN. The third-order valence-electron chi connectivity index (χ3n) is 3.63. The summed E-state index contributed by atoms with van der Waals surface area (Å²) >= 11 is 3.30. The smallest absolute Gasteiger partial charge is 0.137 e. The van der Waals surface area contributed by atoms with E-state index in [4.69, 9.17) is 0 Å². The summed E-state index contributed by atoms with van der Waals surface area (Å²) < 4.78 is 13.9. The highest BCUT2D eigenvalue weighted by molar-refractivity contribution is 9.10. The van der Waals surface area contributed by atoms with Gasteiger partial charge in [0.15, 0.2) is 0 Å². The zero-order chi connectivity index (χ0) is 12.3. The molecule has 2 rings (SSSR count). The summed E-state index contributed by atoms with van der Waals surface area (Å²) in [5.41, 5.74) is 1.00. The van der Waals surface area contributed by atoms with Crippen molar-refractivity contribution in [2.24, 2.45) is 5.92 Å². The first-order chi connectivity index (χ1) is 8.16. The minimum atomic E-state index is -0.179. The summed E-state index contributed by atoms with van der Waals surface area (Å²) in [4.78, 5) is 0. The fraction of sp³-hybridized carbons (Fsp3) is 0.571. The predicted molar refractivity (Wildman–Crippen MR) is 72.4 cm³/mol. The third kappa shape index (κ3) is 3.52. The van der Waals surface area contributed by atoms with E-state index in [0.717, 1.165) is 18.0 Å². The van der Waals surface area contributed by atoms with Crippen LogP contribution in [0.15, 0.2) is 22.7 Å². The Labute approximate surface area is 111 Å². The maximum absolute atomic E-state index is 13.3. The molecule has 0 aliphatic heterocycles. The molecule has 17 heavy (non-hydrogen) atoms. The van der Waals surface area contributed by atoms with Crippen LogP contribution in [0.4, 0.5) is 4.39 Å². The molecule has 1 nitrogen and oxygen atoms in total. The van der Waals surface area contributed by atoms with Crippen molar-refractivity contribution in [3.8, 4) is 0 Å². The quantitative estimate of drug-likeness (QED) is 0.879. The molecule has 0 radical (unpaired) electrons. The maximum Gasteiger partial charge on any atom is 0.137 e. The Hall–Kier alpha value is -0.410. The van der Waals surface area contributed by atoms with Crippen molar-refractivity contribution < 1.29 is 4.39 Å². The van der Waals surface area contributed by atoms with Gasteiger partial charge in [-0.05, 0) is 59.2 Å². The van der Waals surface area contributed by atoms with Crippen LogP contribution in [0.2, 0.25) is 0 Å². The predicted octanol–water partition coefficient (Wildman–Crippen LogP) is 4.26. The van der Waals surface area contributed by atoms with Gasteiger partial charge < -0.3 is 5.32 Å². The molecule has 0 aromatic heterocycles. The van der Waals surface area contributed by atoms with Gasteiger partial charge in [-0.1, -0.05) is 19.1 Å². The minimum Gasteiger partial charge on any atom is -0.310 e. The summed E-state index contributed by atoms with van der Waals surface area (Å²) in [6, 6.07) is 5.81. The van der Waals surface area contributed by atoms with Crippen molar-refractivity contribution in [2.45, 2.75) is 45.2 Å². The molecule has 1 saturated carbocycles. The molecule has 0 heterocycles. The number of benzene rings is 1. The minimum absolute atomic E-state index is 0.179. The third-order valence-corrected chi connectivity index (χ3v) is 4.52. The summed E-state index contributed by atoms with van der Waals surface area (Å²) in [5.74, 6) is 0.690. The van der Waals surface area contributed by atoms with E-state index in [0.29, 0.717) is 10.5 Å². The van der Waals surface area contributed by atoms with Gasteiger partial charge in [0.05, 0.1) is 4.47 Å². The lowest BCUT2D eigenvalue weighted by Gasteiger charge is -2.27. The van der Waals surface area contributed by atoms with Gasteiger partial charge in [-0.2, -0.15) is 0 Å². The van der Waals surface area contributed by atoms with Crippen molar-refractivity contribution in [1.29, 1.82) is 0 Å². The molecule has 3 heteroatoms. The molecule has 1 fully saturated rings. The first kappa shape index (κ1) is 13.0. The van der Waals surface area contributed by atoms with Crippen molar-refractivity contribution in [3.63, 3.8) is 0 Å². The zero-order valence-electron chi connectivity index (χ0n) is 10.2. The van der Waals surface area contributed by atoms with Gasteiger partial charge >= 0.3 is 0 Å². The van der Waals surface area contributed by atoms with E-state index in [2.05, 4.69) is 28.2 Å². The van der Waals surface area contributed by atoms with Crippen LogP contribution in [0.1, 0.15) is 38.2 Å². The standard InChI is InChI=1S/C14H19BrFN/c1-10-5-7-12(8-6-10)17-9-11-3-2-4-13(16)14(11)15/h2-4,10,12,17H,5-9H2,1H3. The van der Waals surface area contributed by atoms with Gasteiger partial charge in [-0.15, -0.1) is 0 Å². The van der Waals surface area contributed by atoms with Crippen LogP contribution in [0.5, 0.6) is 0 Å². The highest BCUT2D eigenvalue weighted by Crippen LogP contribution is 2.25. The molecule has 0 spiro atoms. The average Bonchev–Trinajstić information content (AvgIpc) is 2.33. The zero-order valence-corrected chi connectivity index (χ0v) is 11.8. The molecule has 0 bridgehead atoms. The monoisotopic (exact) mass is 299 g/mol. The average molecular weight is 300 g/mol. The second-order valence-corrected chi connectivity index (χ2v) is 5.84. The van der Waals surface area contributed by atoms with Gasteiger partial charge in [-0.25, -0.2) is 4.39 Å². The number of halogens is 2. The number of rotatable bonds is 3. The second-order valence-electron chi connectivity index (χ2n) is 5.05. The van der Waals surface area contributed by atoms with Gasteiger partial charge in [-0.3, -0.25) is 0 Å². The van der Waals surface area contributed by atoms with E-state index in [1.807, 2.05) is 6.07 Å². The van der Waals surface area contributed by atoms with Crippen LogP contribution < -0.4 is 5.32 Å². The lowest BCUT2D eigenvalue weighted by atomic mass is 9.87. The van der Waals surface area contributed by atoms with E-state index >= 15 is 0 Å². The van der Waals surface area contributed by atoms with Crippen molar-refractivity contribution in [2.75, 3.05) is 0 Å². The molecule has 0 atom stereocenters. The lowest BCUT2D eigenvalue weighted by Crippen LogP contribution is -2.32. The summed E-state index contributed by atoms with van der Waals surface area (Å²) in [7, 11) is 0. The Morgan fingerprint density at radius 3 is 2.71 bits per heavy atom. The largest absolute Gasteiger partial charge is 0.310 e. The Kier molecular flexibility index (Phi) is 4.57. The molecule has 0 saturated heterocycles. The fourth-order valence-corrected chi connectivity index (χ4v) is 2.81. The number of hydrogen-bond donors (Lipinski definition) is 1. The number of nitrogens with one attached hydrogen (secondary N) is 1. The second kappa shape index (κ2) is 5.96. The highest BCUT2D eigenvalue weighted by atomic mass is 79.9. The highest BCUT2D eigenvalue weighted by Gasteiger charge is 2.17. The SMILES string of the molecule is CC1CCC(NCc2cccc(F)c2Br)CC1. The van der Waals surface area contributed by atoms with Crippen LogP contribution >= 0.6 is 15.9 Å². The van der Waals surface area contributed by atoms with E-state index in [1.54, 1.807) is 6.07 Å². The summed E-state index contributed by atoms with van der Waals surface area (Å²) in [6.45, 7) is 3.07. The number of hydrogen-bond acceptors (Lipinski definition) is 1. The van der Waals surface area contributed by atoms with Crippen molar-refractivity contribution >= 4 is 15.9 Å². The molecule has 1 aliphatic rings. The van der Waals surface area contributed by atoms with Gasteiger partial charge in [0.1, 0.15) is 5.82 Å². The summed E-state index contributed by atoms with van der Waals surface area (Å²) in [6.07, 6.45) is 5.10. The summed E-state index contributed by atoms with van der Waals surface area (Å²) in [5, 5.41) is 3.53. The fourth-order valence-electron chi connectivity index (χ4n) is 2.40. The van der Waals surface area contributed by atoms with Crippen molar-refractivity contribution in [3.05, 3.63) is 34.1 Å². The van der Waals surface area contributed by atoms with Crippen LogP contribution in [-0.2, 0) is 6.54 Å². The Bertz CT molecular complexity index is 372. The Balaban J connectivity index is 1.87. The van der Waals surface area contributed by atoms with E-state index in [9.17, 15) is 4.39 Å². The Morgan fingerprint density at radius 2 is 2.00 bits per heavy atom. The van der Waals surface area contributed by atoms with Crippen LogP contribution in [0.25, 0.3) is 0 Å². The maximum atomic E-state index is 13.3. The first-order valence-corrected chi connectivity index (χ1v) is 7.12. The van der Waals surface area contributed by atoms with Crippen molar-refractivity contribution in [1.82, 2.24) is 5.32 Å². The molecular weight excluding hydrogens is 281 g/mol. The van der Waals surface area contributed by atoms with Crippen LogP contribution in [-0.4, -0.2) is 6.04 Å². The van der Waals surface area contributed by atoms with Gasteiger partial charge in [0.25, 0.3) is 0 Å². The molecule has 1 N–H and O–H groups in total. The molecule has 1 aromatic rings. The molecule has 1 aromatic carbocycles. The topological polar surface area (TPSA) is 12.0 Å². The van der Waals surface area contributed by atoms with E-state index in [-0.39, 0.29) is 5.82 Å². The molecule has 0 amide bonds. The van der Waals surface area contributed by atoms with Gasteiger partial charge in [0, 0.05) is 12.6 Å². The van der Waals surface area contributed by atoms with E-state index < -0.39 is 0 Å². The lowest BCUT2D eigenvalue weighted by molar-refractivity contribution is 0.306. The molecule has 0 unspecified atom stereocenters. The Morgan fingerprint density at radius 1 is 1.29 bits per heavy atom. The van der Waals surface area contributed by atoms with Gasteiger partial charge in [0.2, 0.25) is 0 Å². The van der Waals surface area contributed by atoms with Crippen LogP contribution in [0.3, 0.4) is 0 Å². The van der Waals surface area contributed by atoms with E-state index in [1.165, 1.54) is 31.7 Å². The molecule has 1 aliphatic carbocycles. The van der Waals surface area contributed by atoms with Crippen LogP contribution in [0, 0.1) is 11.7 Å². The molecule has 94 valence electrons.